The number of para-hydroxylation sites is 1. The maximum atomic E-state index is 12.8. The minimum atomic E-state index is -0.968. The number of anilines is 1. The Kier molecular flexibility index (Phi) is 3.13. The molecule has 0 saturated carbocycles. The van der Waals surface area contributed by atoms with Crippen LogP contribution in [0.5, 0.6) is 0 Å². The summed E-state index contributed by atoms with van der Waals surface area (Å²) in [6.07, 6.45) is -0.501. The number of rotatable bonds is 1. The third-order valence-electron chi connectivity index (χ3n) is 4.09. The maximum absolute atomic E-state index is 12.8. The number of nitrogens with zero attached hydrogens (tertiary/aromatic N) is 1. The zero-order chi connectivity index (χ0) is 15.3. The summed E-state index contributed by atoms with van der Waals surface area (Å²) in [5.41, 5.74) is 1.60. The number of carbonyl (C=O) groups is 1. The van der Waals surface area contributed by atoms with Crippen molar-refractivity contribution in [3.63, 3.8) is 0 Å². The number of hydrogen-bond acceptors (Lipinski definition) is 3. The van der Waals surface area contributed by atoms with Gasteiger partial charge in [-0.1, -0.05) is 51.4 Å². The summed E-state index contributed by atoms with van der Waals surface area (Å²) in [4.78, 5) is 18.4. The molecule has 4 rings (SSSR count). The lowest BCUT2D eigenvalue weighted by molar-refractivity contribution is -0.121. The number of amides is 1. The molecule has 6 heteroatoms. The van der Waals surface area contributed by atoms with Crippen LogP contribution in [-0.4, -0.2) is 10.5 Å². The molecule has 2 unspecified atom stereocenters. The Hall–Kier alpha value is -1.66. The summed E-state index contributed by atoms with van der Waals surface area (Å²) in [6, 6.07) is 15.4. The van der Waals surface area contributed by atoms with Crippen LogP contribution in [0.25, 0.3) is 0 Å². The van der Waals surface area contributed by atoms with Crippen LogP contribution in [0.15, 0.2) is 58.2 Å². The molecule has 0 bridgehead atoms. The van der Waals surface area contributed by atoms with Crippen molar-refractivity contribution < 1.29 is 9.63 Å². The number of hydrogen-bond donors (Lipinski definition) is 1. The minimum Gasteiger partial charge on any atom is -0.385 e. The number of carbonyl (C=O) groups excluding carboxylic acids is 1. The number of fused-ring (bicyclic) bond motifs is 2. The van der Waals surface area contributed by atoms with Crippen molar-refractivity contribution in [1.29, 1.82) is 0 Å². The molecule has 0 aromatic heterocycles. The van der Waals surface area contributed by atoms with E-state index in [0.29, 0.717) is 4.62 Å². The Morgan fingerprint density at radius 3 is 2.59 bits per heavy atom. The van der Waals surface area contributed by atoms with Gasteiger partial charge in [-0.25, -0.2) is 0 Å². The Morgan fingerprint density at radius 1 is 1.09 bits per heavy atom. The van der Waals surface area contributed by atoms with E-state index in [-0.39, 0.29) is 5.91 Å². The number of benzene rings is 2. The summed E-state index contributed by atoms with van der Waals surface area (Å²) < 4.78 is 1.47. The molecular weight excluding hydrogens is 412 g/mol. The van der Waals surface area contributed by atoms with Gasteiger partial charge in [0.25, 0.3) is 0 Å². The molecule has 2 heterocycles. The van der Waals surface area contributed by atoms with Crippen molar-refractivity contribution >= 4 is 48.1 Å². The monoisotopic (exact) mass is 420 g/mol. The van der Waals surface area contributed by atoms with Gasteiger partial charge in [-0.15, -0.1) is 0 Å². The first-order valence-corrected chi connectivity index (χ1v) is 8.29. The van der Waals surface area contributed by atoms with Gasteiger partial charge in [-0.05, 0) is 39.7 Å². The number of oxime groups is 1. The van der Waals surface area contributed by atoms with Crippen molar-refractivity contribution in [2.24, 2.45) is 5.16 Å². The summed E-state index contributed by atoms with van der Waals surface area (Å²) >= 11 is 6.86. The summed E-state index contributed by atoms with van der Waals surface area (Å²) in [5, 5.41) is 6.99. The van der Waals surface area contributed by atoms with Crippen LogP contribution < -0.4 is 5.32 Å². The first-order valence-electron chi connectivity index (χ1n) is 6.70. The van der Waals surface area contributed by atoms with Gasteiger partial charge < -0.3 is 10.2 Å². The largest absolute Gasteiger partial charge is 0.385 e. The van der Waals surface area contributed by atoms with Crippen LogP contribution in [0.1, 0.15) is 17.2 Å². The van der Waals surface area contributed by atoms with Crippen LogP contribution in [0.2, 0.25) is 0 Å². The van der Waals surface area contributed by atoms with Crippen molar-refractivity contribution in [2.45, 2.75) is 11.5 Å². The van der Waals surface area contributed by atoms with E-state index in [1.165, 1.54) is 0 Å². The van der Waals surface area contributed by atoms with Gasteiger partial charge in [0.15, 0.2) is 11.5 Å². The highest BCUT2D eigenvalue weighted by atomic mass is 79.9. The molecule has 1 N–H and O–H groups in total. The molecule has 22 heavy (non-hydrogen) atoms. The summed E-state index contributed by atoms with van der Waals surface area (Å²) in [6.45, 7) is 0. The van der Waals surface area contributed by atoms with Gasteiger partial charge in [-0.2, -0.15) is 0 Å². The standard InChI is InChI=1S/C16H10Br2N2O2/c17-10-7-5-9(6-8-10)13-16(14(18)20-22-13)11-3-1-2-4-12(11)19-15(16)21/h1-8,13H,(H,19,21). The number of nitrogens with one attached hydrogen (secondary N) is 1. The second kappa shape index (κ2) is 4.93. The van der Waals surface area contributed by atoms with E-state index in [0.717, 1.165) is 21.3 Å². The zero-order valence-corrected chi connectivity index (χ0v) is 14.4. The fourth-order valence-electron chi connectivity index (χ4n) is 3.05. The van der Waals surface area contributed by atoms with Crippen LogP contribution in [-0.2, 0) is 15.0 Å². The van der Waals surface area contributed by atoms with Gasteiger partial charge in [-0.3, -0.25) is 4.79 Å². The smallest absolute Gasteiger partial charge is 0.246 e. The van der Waals surface area contributed by atoms with E-state index in [1.807, 2.05) is 48.5 Å². The second-order valence-corrected chi connectivity index (χ2v) is 6.89. The van der Waals surface area contributed by atoms with Crippen molar-refractivity contribution in [2.75, 3.05) is 5.32 Å². The summed E-state index contributed by atoms with van der Waals surface area (Å²) in [7, 11) is 0. The van der Waals surface area contributed by atoms with E-state index in [1.54, 1.807) is 0 Å². The predicted octanol–water partition coefficient (Wildman–Crippen LogP) is 4.12. The molecule has 4 nitrogen and oxygen atoms in total. The molecule has 2 aromatic rings. The molecule has 0 saturated heterocycles. The third-order valence-corrected chi connectivity index (χ3v) is 5.39. The van der Waals surface area contributed by atoms with Gasteiger partial charge in [0.2, 0.25) is 5.91 Å². The molecule has 2 aliphatic rings. The van der Waals surface area contributed by atoms with Crippen LogP contribution >= 0.6 is 31.9 Å². The lowest BCUT2D eigenvalue weighted by atomic mass is 9.75. The van der Waals surface area contributed by atoms with E-state index in [4.69, 9.17) is 4.84 Å². The zero-order valence-electron chi connectivity index (χ0n) is 11.2. The molecule has 2 aromatic carbocycles. The van der Waals surface area contributed by atoms with Gasteiger partial charge >= 0.3 is 0 Å². The average Bonchev–Trinajstić information content (AvgIpc) is 3.01. The topological polar surface area (TPSA) is 50.7 Å². The Labute approximate surface area is 143 Å². The molecule has 0 radical (unpaired) electrons. The Morgan fingerprint density at radius 2 is 1.82 bits per heavy atom. The third kappa shape index (κ3) is 1.74. The highest BCUT2D eigenvalue weighted by Gasteiger charge is 2.61. The van der Waals surface area contributed by atoms with E-state index >= 15 is 0 Å². The average molecular weight is 422 g/mol. The SMILES string of the molecule is O=C1Nc2ccccc2C12C(Br)=NOC2c1ccc(Br)cc1. The summed E-state index contributed by atoms with van der Waals surface area (Å²) in [5.74, 6) is -0.130. The fraction of sp³-hybridized carbons (Fsp3) is 0.125. The number of halogens is 2. The molecule has 2 atom stereocenters. The van der Waals surface area contributed by atoms with E-state index in [9.17, 15) is 4.79 Å². The lowest BCUT2D eigenvalue weighted by Crippen LogP contribution is -2.42. The van der Waals surface area contributed by atoms with Crippen LogP contribution in [0.4, 0.5) is 5.69 Å². The first kappa shape index (κ1) is 14.0. The van der Waals surface area contributed by atoms with Crippen LogP contribution in [0, 0.1) is 0 Å². The highest BCUT2D eigenvalue weighted by Crippen LogP contribution is 2.53. The minimum absolute atomic E-state index is 0.130. The molecule has 0 aliphatic carbocycles. The van der Waals surface area contributed by atoms with Gasteiger partial charge in [0, 0.05) is 15.7 Å². The van der Waals surface area contributed by atoms with Crippen molar-refractivity contribution in [3.8, 4) is 0 Å². The maximum Gasteiger partial charge on any atom is 0.246 e. The Bertz CT molecular complexity index is 804. The fourth-order valence-corrected chi connectivity index (χ4v) is 4.00. The second-order valence-electron chi connectivity index (χ2n) is 5.23. The lowest BCUT2D eigenvalue weighted by Gasteiger charge is -2.26. The normalized spacial score (nSPS) is 25.6. The highest BCUT2D eigenvalue weighted by molar-refractivity contribution is 9.18. The predicted molar refractivity (Wildman–Crippen MR) is 91.1 cm³/mol. The molecule has 2 aliphatic heterocycles. The molecular formula is C16H10Br2N2O2. The van der Waals surface area contributed by atoms with Gasteiger partial charge in [0.1, 0.15) is 4.62 Å². The van der Waals surface area contributed by atoms with Gasteiger partial charge in [0.05, 0.1) is 0 Å². The molecule has 1 spiro atoms. The first-order chi connectivity index (χ1) is 10.6. The van der Waals surface area contributed by atoms with Crippen LogP contribution in [0.3, 0.4) is 0 Å². The quantitative estimate of drug-likeness (QED) is 0.752. The Balaban J connectivity index is 1.92. The molecule has 110 valence electrons. The molecule has 0 fully saturated rings. The molecule has 1 amide bonds. The van der Waals surface area contributed by atoms with Crippen molar-refractivity contribution in [3.05, 3.63) is 64.1 Å². The van der Waals surface area contributed by atoms with Crippen molar-refractivity contribution in [1.82, 2.24) is 0 Å². The van der Waals surface area contributed by atoms with E-state index in [2.05, 4.69) is 42.3 Å². The van der Waals surface area contributed by atoms with E-state index < -0.39 is 11.5 Å².